The SMILES string of the molecule is CCCCCCCCCCCCC(=O)O[C@H](COC(=O)CCCCCCC)COP(=O)(O)OC[C@H](O)COP(=O)(O)OC[C@@H](COC(=O)CCCCCCCCCCC(C)CC)OC(=O)CCCCCCCCCCCCC(C)C. The van der Waals surface area contributed by atoms with Crippen LogP contribution < -0.4 is 0 Å². The van der Waals surface area contributed by atoms with Crippen molar-refractivity contribution in [2.45, 2.75) is 317 Å². The van der Waals surface area contributed by atoms with Crippen LogP contribution in [0.1, 0.15) is 298 Å². The first-order chi connectivity index (χ1) is 38.4. The smallest absolute Gasteiger partial charge is 0.462 e. The number of unbranched alkanes of at least 4 members (excludes halogenated alkanes) is 29. The minimum absolute atomic E-state index is 0.105. The van der Waals surface area contributed by atoms with Gasteiger partial charge in [-0.1, -0.05) is 247 Å². The quantitative estimate of drug-likeness (QED) is 0.0222. The number of aliphatic hydroxyl groups is 1. The predicted octanol–water partition coefficient (Wildman–Crippen LogP) is 16.5. The van der Waals surface area contributed by atoms with Crippen LogP contribution in [0.25, 0.3) is 0 Å². The van der Waals surface area contributed by atoms with Gasteiger partial charge in [-0.15, -0.1) is 0 Å². The van der Waals surface area contributed by atoms with Crippen molar-refractivity contribution >= 4 is 39.5 Å². The number of aliphatic hydroxyl groups excluding tert-OH is 1. The average molecular weight is 1190 g/mol. The second-order valence-corrected chi connectivity index (χ2v) is 25.7. The molecule has 6 atom stereocenters. The standard InChI is InChI=1S/C61H118O17P2/c1-7-10-12-14-15-16-20-27-33-39-45-60(65)77-56(49-71-58(63)43-37-29-13-11-8-2)51-75-79(67,68)73-47-55(62)48-74-80(69,70)76-52-57(50-72-59(64)44-38-32-26-23-22-25-31-36-42-54(6)9-3)78-61(66)46-40-34-28-21-18-17-19-24-30-35-41-53(4)5/h53-57,62H,7-52H2,1-6H3,(H,67,68)(H,69,70)/t54?,55-,56+,57+/m0/s1. The van der Waals surface area contributed by atoms with Gasteiger partial charge in [-0.05, 0) is 37.5 Å². The van der Waals surface area contributed by atoms with E-state index in [-0.39, 0.29) is 25.7 Å². The van der Waals surface area contributed by atoms with Crippen molar-refractivity contribution in [1.29, 1.82) is 0 Å². The van der Waals surface area contributed by atoms with Gasteiger partial charge in [0.1, 0.15) is 19.3 Å². The monoisotopic (exact) mass is 1180 g/mol. The van der Waals surface area contributed by atoms with E-state index in [1.807, 2.05) is 0 Å². The van der Waals surface area contributed by atoms with Crippen LogP contribution in [-0.2, 0) is 65.4 Å². The minimum atomic E-state index is -4.94. The highest BCUT2D eigenvalue weighted by molar-refractivity contribution is 7.47. The maximum Gasteiger partial charge on any atom is 0.472 e. The van der Waals surface area contributed by atoms with Crippen LogP contribution >= 0.6 is 15.6 Å². The van der Waals surface area contributed by atoms with Gasteiger partial charge >= 0.3 is 39.5 Å². The number of phosphoric acid groups is 2. The third kappa shape index (κ3) is 54.0. The van der Waals surface area contributed by atoms with Crippen LogP contribution in [0.3, 0.4) is 0 Å². The Kier molecular flexibility index (Phi) is 52.5. The molecule has 0 aromatic heterocycles. The Morgan fingerprint density at radius 1 is 0.362 bits per heavy atom. The molecule has 0 saturated carbocycles. The lowest BCUT2D eigenvalue weighted by atomic mass is 9.99. The zero-order valence-corrected chi connectivity index (χ0v) is 53.2. The zero-order valence-electron chi connectivity index (χ0n) is 51.4. The molecule has 0 fully saturated rings. The van der Waals surface area contributed by atoms with Crippen LogP contribution in [0.15, 0.2) is 0 Å². The number of carbonyl (C=O) groups is 4. The largest absolute Gasteiger partial charge is 0.472 e. The summed E-state index contributed by atoms with van der Waals surface area (Å²) in [5.41, 5.74) is 0. The highest BCUT2D eigenvalue weighted by Gasteiger charge is 2.30. The van der Waals surface area contributed by atoms with Crippen LogP contribution in [0.4, 0.5) is 0 Å². The van der Waals surface area contributed by atoms with Crippen molar-refractivity contribution in [3.05, 3.63) is 0 Å². The highest BCUT2D eigenvalue weighted by Crippen LogP contribution is 2.45. The highest BCUT2D eigenvalue weighted by atomic mass is 31.2. The van der Waals surface area contributed by atoms with Gasteiger partial charge in [0.05, 0.1) is 26.4 Å². The molecule has 3 unspecified atom stereocenters. The molecule has 0 aromatic rings. The van der Waals surface area contributed by atoms with E-state index < -0.39 is 97.5 Å². The Morgan fingerprint density at radius 3 is 0.950 bits per heavy atom. The molecule has 0 aliphatic rings. The van der Waals surface area contributed by atoms with Crippen molar-refractivity contribution in [2.24, 2.45) is 11.8 Å². The molecule has 0 saturated heterocycles. The fourth-order valence-corrected chi connectivity index (χ4v) is 10.5. The number of ether oxygens (including phenoxy) is 4. The summed E-state index contributed by atoms with van der Waals surface area (Å²) in [5, 5.41) is 10.5. The third-order valence-electron chi connectivity index (χ3n) is 14.3. The summed E-state index contributed by atoms with van der Waals surface area (Å²) < 4.78 is 67.7. The van der Waals surface area contributed by atoms with E-state index in [1.54, 1.807) is 0 Å². The summed E-state index contributed by atoms with van der Waals surface area (Å²) in [6.07, 6.45) is 35.1. The first kappa shape index (κ1) is 78.1. The lowest BCUT2D eigenvalue weighted by Crippen LogP contribution is -2.30. The first-order valence-corrected chi connectivity index (χ1v) is 35.0. The number of hydrogen-bond donors (Lipinski definition) is 3. The molecule has 0 rings (SSSR count). The van der Waals surface area contributed by atoms with E-state index in [0.717, 1.165) is 108 Å². The molecule has 474 valence electrons. The molecule has 0 radical (unpaired) electrons. The fraction of sp³-hybridized carbons (Fsp3) is 0.934. The van der Waals surface area contributed by atoms with Crippen LogP contribution in [0.5, 0.6) is 0 Å². The number of hydrogen-bond acceptors (Lipinski definition) is 15. The predicted molar refractivity (Wildman–Crippen MR) is 317 cm³/mol. The van der Waals surface area contributed by atoms with Crippen LogP contribution in [0, 0.1) is 11.8 Å². The molecule has 0 heterocycles. The van der Waals surface area contributed by atoms with Gasteiger partial charge in [0, 0.05) is 25.7 Å². The molecule has 0 amide bonds. The van der Waals surface area contributed by atoms with Gasteiger partial charge in [0.2, 0.25) is 0 Å². The van der Waals surface area contributed by atoms with Gasteiger partial charge in [0.15, 0.2) is 12.2 Å². The van der Waals surface area contributed by atoms with E-state index in [4.69, 9.17) is 37.0 Å². The Labute approximate surface area is 486 Å². The fourth-order valence-electron chi connectivity index (χ4n) is 8.97. The summed E-state index contributed by atoms with van der Waals surface area (Å²) >= 11 is 0. The van der Waals surface area contributed by atoms with Gasteiger partial charge in [-0.3, -0.25) is 37.3 Å². The van der Waals surface area contributed by atoms with Crippen molar-refractivity contribution in [2.75, 3.05) is 39.6 Å². The lowest BCUT2D eigenvalue weighted by molar-refractivity contribution is -0.161. The first-order valence-electron chi connectivity index (χ1n) is 32.0. The molecule has 0 aliphatic carbocycles. The summed E-state index contributed by atoms with van der Waals surface area (Å²) in [6.45, 7) is 9.37. The average Bonchev–Trinajstić information content (AvgIpc) is 3.42. The van der Waals surface area contributed by atoms with Crippen molar-refractivity contribution < 1.29 is 80.2 Å². The summed E-state index contributed by atoms with van der Waals surface area (Å²) in [5.74, 6) is -0.619. The summed E-state index contributed by atoms with van der Waals surface area (Å²) in [4.78, 5) is 71.8. The number of esters is 4. The maximum absolute atomic E-state index is 12.9. The Balaban J connectivity index is 5.19. The molecular formula is C61H118O17P2. The van der Waals surface area contributed by atoms with Crippen molar-refractivity contribution in [1.82, 2.24) is 0 Å². The van der Waals surface area contributed by atoms with Gasteiger partial charge in [-0.2, -0.15) is 0 Å². The van der Waals surface area contributed by atoms with Gasteiger partial charge < -0.3 is 33.8 Å². The topological polar surface area (TPSA) is 237 Å². The molecule has 0 aromatic carbocycles. The molecule has 17 nitrogen and oxygen atoms in total. The molecule has 19 heteroatoms. The summed E-state index contributed by atoms with van der Waals surface area (Å²) in [7, 11) is -9.87. The second kappa shape index (κ2) is 53.8. The zero-order chi connectivity index (χ0) is 59.4. The van der Waals surface area contributed by atoms with Crippen molar-refractivity contribution in [3.8, 4) is 0 Å². The molecule has 0 aliphatic heterocycles. The Morgan fingerprint density at radius 2 is 0.637 bits per heavy atom. The van der Waals surface area contributed by atoms with E-state index >= 15 is 0 Å². The normalized spacial score (nSPS) is 14.7. The lowest BCUT2D eigenvalue weighted by Gasteiger charge is -2.21. The number of phosphoric ester groups is 2. The molecule has 80 heavy (non-hydrogen) atoms. The molecule has 0 bridgehead atoms. The van der Waals surface area contributed by atoms with Crippen molar-refractivity contribution in [3.63, 3.8) is 0 Å². The van der Waals surface area contributed by atoms with E-state index in [1.165, 1.54) is 109 Å². The summed E-state index contributed by atoms with van der Waals surface area (Å²) in [6, 6.07) is 0. The van der Waals surface area contributed by atoms with Gasteiger partial charge in [-0.25, -0.2) is 9.13 Å². The second-order valence-electron chi connectivity index (χ2n) is 22.8. The molecule has 0 spiro atoms. The number of rotatable bonds is 60. The van der Waals surface area contributed by atoms with E-state index in [9.17, 15) is 43.2 Å². The Hall–Kier alpha value is -1.94. The van der Waals surface area contributed by atoms with E-state index in [2.05, 4.69) is 41.5 Å². The van der Waals surface area contributed by atoms with Gasteiger partial charge in [0.25, 0.3) is 0 Å². The van der Waals surface area contributed by atoms with E-state index in [0.29, 0.717) is 25.7 Å². The maximum atomic E-state index is 12.9. The molecular weight excluding hydrogens is 1070 g/mol. The minimum Gasteiger partial charge on any atom is -0.462 e. The molecule has 3 N–H and O–H groups in total. The third-order valence-corrected chi connectivity index (χ3v) is 16.2. The van der Waals surface area contributed by atoms with Crippen LogP contribution in [0.2, 0.25) is 0 Å². The van der Waals surface area contributed by atoms with Crippen LogP contribution in [-0.4, -0.2) is 96.7 Å². The number of carbonyl (C=O) groups excluding carboxylic acids is 4. The Bertz CT molecular complexity index is 1580.